The number of ether oxygens (including phenoxy) is 2. The van der Waals surface area contributed by atoms with Gasteiger partial charge in [-0.25, -0.2) is 4.98 Å². The third-order valence-electron chi connectivity index (χ3n) is 6.18. The molecular formula is C27H19BrN2O5S. The molecular weight excluding hydrogens is 544 g/mol. The number of anilines is 1. The third-order valence-corrected chi connectivity index (χ3v) is 7.73. The van der Waals surface area contributed by atoms with Crippen molar-refractivity contribution in [2.45, 2.75) is 13.0 Å². The molecule has 1 fully saturated rings. The van der Waals surface area contributed by atoms with Gasteiger partial charge in [0.15, 0.2) is 16.6 Å². The number of carbonyl (C=O) groups is 2. The van der Waals surface area contributed by atoms with Gasteiger partial charge >= 0.3 is 5.91 Å². The van der Waals surface area contributed by atoms with Gasteiger partial charge in [0.1, 0.15) is 19.0 Å². The summed E-state index contributed by atoms with van der Waals surface area (Å²) in [6, 6.07) is 17.3. The zero-order valence-corrected chi connectivity index (χ0v) is 21.4. The normalized spacial score (nSPS) is 18.7. The minimum atomic E-state index is -0.854. The summed E-state index contributed by atoms with van der Waals surface area (Å²) < 4.78 is 13.0. The maximum atomic E-state index is 13.4. The Balaban J connectivity index is 1.54. The van der Waals surface area contributed by atoms with Gasteiger partial charge in [-0.15, -0.1) is 0 Å². The first-order valence-corrected chi connectivity index (χ1v) is 12.9. The molecule has 180 valence electrons. The van der Waals surface area contributed by atoms with Crippen molar-refractivity contribution in [1.82, 2.24) is 4.98 Å². The number of aryl methyl sites for hydroxylation is 1. The Bertz CT molecular complexity index is 1580. The second-order valence-electron chi connectivity index (χ2n) is 8.55. The highest BCUT2D eigenvalue weighted by molar-refractivity contribution is 9.10. The fourth-order valence-electron chi connectivity index (χ4n) is 4.46. The second kappa shape index (κ2) is 8.76. The molecule has 1 aromatic heterocycles. The quantitative estimate of drug-likeness (QED) is 0.194. The summed E-state index contributed by atoms with van der Waals surface area (Å²) in [7, 11) is 0. The van der Waals surface area contributed by atoms with Crippen LogP contribution >= 0.6 is 27.3 Å². The van der Waals surface area contributed by atoms with Crippen LogP contribution in [-0.2, 0) is 9.59 Å². The van der Waals surface area contributed by atoms with E-state index in [1.807, 2.05) is 49.4 Å². The fraction of sp³-hybridized carbons (Fsp3) is 0.148. The molecule has 0 saturated carbocycles. The van der Waals surface area contributed by atoms with Crippen LogP contribution in [0.5, 0.6) is 11.5 Å². The van der Waals surface area contributed by atoms with E-state index in [1.165, 1.54) is 16.2 Å². The molecule has 0 bridgehead atoms. The Labute approximate surface area is 218 Å². The number of thiazole rings is 1. The first-order valence-electron chi connectivity index (χ1n) is 11.2. The molecule has 1 atom stereocenters. The van der Waals surface area contributed by atoms with E-state index in [4.69, 9.17) is 9.47 Å². The second-order valence-corrected chi connectivity index (χ2v) is 10.5. The molecule has 9 heteroatoms. The molecule has 1 N–H and O–H groups in total. The standard InChI is InChI=1S/C27H19BrN2O5S/c1-14-2-8-18-21(12-14)36-27(29-18)30-23(15-3-6-17(28)7-4-15)22(25(32)26(30)33)24(31)16-5-9-19-20(13-16)35-11-10-34-19/h2-9,12-13,23,31H,10-11H2,1H3/b24-22-. The van der Waals surface area contributed by atoms with Crippen molar-refractivity contribution in [1.29, 1.82) is 0 Å². The van der Waals surface area contributed by atoms with Gasteiger partial charge in [-0.1, -0.05) is 45.5 Å². The molecule has 1 unspecified atom stereocenters. The number of halogens is 1. The summed E-state index contributed by atoms with van der Waals surface area (Å²) in [5.41, 5.74) is 2.84. The van der Waals surface area contributed by atoms with Gasteiger partial charge in [-0.2, -0.15) is 0 Å². The van der Waals surface area contributed by atoms with Crippen LogP contribution in [0.1, 0.15) is 22.7 Å². The zero-order valence-electron chi connectivity index (χ0n) is 19.0. The average Bonchev–Trinajstić information content (AvgIpc) is 3.41. The van der Waals surface area contributed by atoms with Gasteiger partial charge < -0.3 is 14.6 Å². The number of carbonyl (C=O) groups excluding carboxylic acids is 2. The number of ketones is 1. The predicted molar refractivity (Wildman–Crippen MR) is 141 cm³/mol. The molecule has 3 aromatic carbocycles. The van der Waals surface area contributed by atoms with E-state index in [1.54, 1.807) is 18.2 Å². The van der Waals surface area contributed by atoms with Crippen molar-refractivity contribution in [3.05, 3.63) is 87.4 Å². The zero-order chi connectivity index (χ0) is 25.0. The highest BCUT2D eigenvalue weighted by Crippen LogP contribution is 2.45. The smallest absolute Gasteiger partial charge is 0.301 e. The van der Waals surface area contributed by atoms with E-state index in [2.05, 4.69) is 20.9 Å². The van der Waals surface area contributed by atoms with Crippen molar-refractivity contribution >= 4 is 60.1 Å². The Morgan fingerprint density at radius 1 is 1.03 bits per heavy atom. The predicted octanol–water partition coefficient (Wildman–Crippen LogP) is 5.76. The number of fused-ring (bicyclic) bond motifs is 2. The Morgan fingerprint density at radius 2 is 1.78 bits per heavy atom. The van der Waals surface area contributed by atoms with Crippen LogP contribution in [0.15, 0.2) is 70.7 Å². The molecule has 1 amide bonds. The van der Waals surface area contributed by atoms with E-state index in [9.17, 15) is 14.7 Å². The Kier molecular flexibility index (Phi) is 5.54. The number of amides is 1. The minimum Gasteiger partial charge on any atom is -0.507 e. The fourth-order valence-corrected chi connectivity index (χ4v) is 5.81. The number of aliphatic hydroxyl groups is 1. The molecule has 4 aromatic rings. The average molecular weight is 563 g/mol. The van der Waals surface area contributed by atoms with Gasteiger partial charge in [0, 0.05) is 10.0 Å². The van der Waals surface area contributed by atoms with Crippen LogP contribution in [0.3, 0.4) is 0 Å². The maximum Gasteiger partial charge on any atom is 0.301 e. The Morgan fingerprint density at radius 3 is 2.56 bits per heavy atom. The van der Waals surface area contributed by atoms with Gasteiger partial charge in [0.25, 0.3) is 5.78 Å². The van der Waals surface area contributed by atoms with Crippen molar-refractivity contribution in [2.24, 2.45) is 0 Å². The first-order chi connectivity index (χ1) is 17.4. The van der Waals surface area contributed by atoms with Crippen molar-refractivity contribution in [3.63, 3.8) is 0 Å². The summed E-state index contributed by atoms with van der Waals surface area (Å²) in [4.78, 5) is 32.9. The summed E-state index contributed by atoms with van der Waals surface area (Å²) in [6.45, 7) is 2.81. The molecule has 2 aliphatic heterocycles. The lowest BCUT2D eigenvalue weighted by atomic mass is 9.95. The van der Waals surface area contributed by atoms with E-state index >= 15 is 0 Å². The van der Waals surface area contributed by atoms with Crippen molar-refractivity contribution in [2.75, 3.05) is 18.1 Å². The largest absolute Gasteiger partial charge is 0.507 e. The molecule has 6 rings (SSSR count). The molecule has 7 nitrogen and oxygen atoms in total. The van der Waals surface area contributed by atoms with Crippen LogP contribution in [0.25, 0.3) is 16.0 Å². The summed E-state index contributed by atoms with van der Waals surface area (Å²) in [6.07, 6.45) is 0. The molecule has 2 aliphatic rings. The lowest BCUT2D eigenvalue weighted by Gasteiger charge is -2.23. The van der Waals surface area contributed by atoms with Crippen LogP contribution < -0.4 is 14.4 Å². The number of aromatic nitrogens is 1. The summed E-state index contributed by atoms with van der Waals surface area (Å²) in [5, 5.41) is 11.8. The highest BCUT2D eigenvalue weighted by atomic mass is 79.9. The van der Waals surface area contributed by atoms with E-state index in [-0.39, 0.29) is 11.3 Å². The molecule has 0 spiro atoms. The van der Waals surface area contributed by atoms with Gasteiger partial charge in [0.05, 0.1) is 21.8 Å². The third kappa shape index (κ3) is 3.75. The molecule has 0 aliphatic carbocycles. The van der Waals surface area contributed by atoms with Crippen LogP contribution in [0, 0.1) is 6.92 Å². The molecule has 3 heterocycles. The van der Waals surface area contributed by atoms with Crippen molar-refractivity contribution in [3.8, 4) is 11.5 Å². The number of Topliss-reactive ketones (excluding diaryl/α,β-unsaturated/α-hetero) is 1. The van der Waals surface area contributed by atoms with E-state index < -0.39 is 17.7 Å². The topological polar surface area (TPSA) is 89.0 Å². The highest BCUT2D eigenvalue weighted by Gasteiger charge is 2.48. The number of nitrogens with zero attached hydrogens (tertiary/aromatic N) is 2. The minimum absolute atomic E-state index is 0.00515. The Hall–Kier alpha value is -3.69. The van der Waals surface area contributed by atoms with E-state index in [0.717, 1.165) is 20.3 Å². The number of hydrogen-bond acceptors (Lipinski definition) is 7. The maximum absolute atomic E-state index is 13.4. The SMILES string of the molecule is Cc1ccc2nc(N3C(=O)C(=O)/C(=C(\O)c4ccc5c(c4)OCCO5)C3c3ccc(Br)cc3)sc2c1. The van der Waals surface area contributed by atoms with Crippen LogP contribution in [0.4, 0.5) is 5.13 Å². The molecule has 36 heavy (non-hydrogen) atoms. The first kappa shape index (κ1) is 22.8. The van der Waals surface area contributed by atoms with Crippen LogP contribution in [0.2, 0.25) is 0 Å². The number of aliphatic hydroxyl groups excluding tert-OH is 1. The monoisotopic (exact) mass is 562 g/mol. The van der Waals surface area contributed by atoms with Gasteiger partial charge in [-0.3, -0.25) is 14.5 Å². The van der Waals surface area contributed by atoms with Crippen LogP contribution in [-0.4, -0.2) is 35.0 Å². The molecule has 0 radical (unpaired) electrons. The van der Waals surface area contributed by atoms with Gasteiger partial charge in [-0.05, 0) is 60.5 Å². The number of hydrogen-bond donors (Lipinski definition) is 1. The van der Waals surface area contributed by atoms with Gasteiger partial charge in [0.2, 0.25) is 0 Å². The lowest BCUT2D eigenvalue weighted by molar-refractivity contribution is -0.132. The lowest BCUT2D eigenvalue weighted by Crippen LogP contribution is -2.29. The number of benzene rings is 3. The summed E-state index contributed by atoms with van der Waals surface area (Å²) in [5.74, 6) is -0.755. The number of rotatable bonds is 3. The molecule has 1 saturated heterocycles. The van der Waals surface area contributed by atoms with E-state index in [0.29, 0.717) is 41.0 Å². The van der Waals surface area contributed by atoms with Crippen molar-refractivity contribution < 1.29 is 24.2 Å². The summed E-state index contributed by atoms with van der Waals surface area (Å²) >= 11 is 4.77.